The van der Waals surface area contributed by atoms with Crippen molar-refractivity contribution in [3.8, 4) is 0 Å². The average Bonchev–Trinajstić information content (AvgIpc) is 2.98. The van der Waals surface area contributed by atoms with E-state index in [-0.39, 0.29) is 17.8 Å². The standard InChI is InChI=1S/C16H19N3O3/c1-2-22-16(21)11-5-8-19(9-6-11)15(20)14-10-13-12(18-14)4-3-7-17-13/h3-4,7,10-11,18H,2,5-6,8-9H2,1H3. The Labute approximate surface area is 128 Å². The van der Waals surface area contributed by atoms with Crippen LogP contribution in [0.4, 0.5) is 0 Å². The quantitative estimate of drug-likeness (QED) is 0.880. The van der Waals surface area contributed by atoms with Crippen LogP contribution in [0.15, 0.2) is 24.4 Å². The highest BCUT2D eigenvalue weighted by Crippen LogP contribution is 2.21. The summed E-state index contributed by atoms with van der Waals surface area (Å²) in [7, 11) is 0. The van der Waals surface area contributed by atoms with E-state index in [2.05, 4.69) is 9.97 Å². The normalized spacial score (nSPS) is 16.0. The van der Waals surface area contributed by atoms with E-state index in [9.17, 15) is 9.59 Å². The predicted molar refractivity (Wildman–Crippen MR) is 81.4 cm³/mol. The number of fused-ring (bicyclic) bond motifs is 1. The number of pyridine rings is 1. The molecule has 6 nitrogen and oxygen atoms in total. The SMILES string of the molecule is CCOC(=O)C1CCN(C(=O)c2cc3ncccc3[nH]2)CC1. The number of esters is 1. The van der Waals surface area contributed by atoms with Gasteiger partial charge in [-0.1, -0.05) is 0 Å². The van der Waals surface area contributed by atoms with Crippen molar-refractivity contribution in [1.29, 1.82) is 0 Å². The molecule has 2 aromatic heterocycles. The third-order valence-corrected chi connectivity index (χ3v) is 4.02. The summed E-state index contributed by atoms with van der Waals surface area (Å²) >= 11 is 0. The number of carbonyl (C=O) groups excluding carboxylic acids is 2. The van der Waals surface area contributed by atoms with E-state index in [4.69, 9.17) is 4.74 Å². The van der Waals surface area contributed by atoms with Crippen molar-refractivity contribution in [2.45, 2.75) is 19.8 Å². The molecule has 1 saturated heterocycles. The van der Waals surface area contributed by atoms with Gasteiger partial charge in [0.05, 0.1) is 23.6 Å². The Kier molecular flexibility index (Phi) is 4.09. The zero-order chi connectivity index (χ0) is 15.5. The highest BCUT2D eigenvalue weighted by molar-refractivity contribution is 5.97. The number of hydrogen-bond donors (Lipinski definition) is 1. The molecular weight excluding hydrogens is 282 g/mol. The van der Waals surface area contributed by atoms with Crippen molar-refractivity contribution < 1.29 is 14.3 Å². The van der Waals surface area contributed by atoms with E-state index in [0.717, 1.165) is 11.0 Å². The molecule has 0 spiro atoms. The van der Waals surface area contributed by atoms with Crippen molar-refractivity contribution in [2.75, 3.05) is 19.7 Å². The van der Waals surface area contributed by atoms with E-state index >= 15 is 0 Å². The molecule has 1 N–H and O–H groups in total. The number of nitrogens with one attached hydrogen (secondary N) is 1. The lowest BCUT2D eigenvalue weighted by Crippen LogP contribution is -2.40. The van der Waals surface area contributed by atoms with Crippen LogP contribution < -0.4 is 0 Å². The number of amides is 1. The van der Waals surface area contributed by atoms with Crippen molar-refractivity contribution >= 4 is 22.9 Å². The lowest BCUT2D eigenvalue weighted by Gasteiger charge is -2.30. The Morgan fingerprint density at radius 3 is 2.86 bits per heavy atom. The largest absolute Gasteiger partial charge is 0.466 e. The molecule has 116 valence electrons. The summed E-state index contributed by atoms with van der Waals surface area (Å²) in [5.74, 6) is -0.280. The summed E-state index contributed by atoms with van der Waals surface area (Å²) in [5.41, 5.74) is 2.18. The number of rotatable bonds is 3. The van der Waals surface area contributed by atoms with E-state index in [1.807, 2.05) is 12.1 Å². The molecule has 1 fully saturated rings. The first kappa shape index (κ1) is 14.6. The number of ether oxygens (including phenoxy) is 1. The molecule has 0 unspecified atom stereocenters. The number of H-pyrrole nitrogens is 1. The van der Waals surface area contributed by atoms with Crippen LogP contribution in [0.2, 0.25) is 0 Å². The van der Waals surface area contributed by atoms with Crippen LogP contribution in [0.5, 0.6) is 0 Å². The highest BCUT2D eigenvalue weighted by Gasteiger charge is 2.29. The molecule has 0 saturated carbocycles. The van der Waals surface area contributed by atoms with Gasteiger partial charge in [0.15, 0.2) is 0 Å². The Hall–Kier alpha value is -2.37. The summed E-state index contributed by atoms with van der Waals surface area (Å²) in [5, 5.41) is 0. The first-order chi connectivity index (χ1) is 10.7. The molecule has 1 aliphatic rings. The summed E-state index contributed by atoms with van der Waals surface area (Å²) in [6, 6.07) is 5.50. The Balaban J connectivity index is 1.65. The fourth-order valence-electron chi connectivity index (χ4n) is 2.82. The number of aromatic nitrogens is 2. The molecule has 0 bridgehead atoms. The van der Waals surface area contributed by atoms with Crippen molar-refractivity contribution in [1.82, 2.24) is 14.9 Å². The number of aromatic amines is 1. The first-order valence-corrected chi connectivity index (χ1v) is 7.58. The molecule has 3 heterocycles. The number of hydrogen-bond acceptors (Lipinski definition) is 4. The highest BCUT2D eigenvalue weighted by atomic mass is 16.5. The van der Waals surface area contributed by atoms with Crippen molar-refractivity contribution in [2.24, 2.45) is 5.92 Å². The average molecular weight is 301 g/mol. The van der Waals surface area contributed by atoms with Gasteiger partial charge in [0.2, 0.25) is 0 Å². The monoisotopic (exact) mass is 301 g/mol. The fourth-order valence-corrected chi connectivity index (χ4v) is 2.82. The van der Waals surface area contributed by atoms with Crippen LogP contribution in [0.3, 0.4) is 0 Å². The molecule has 1 aliphatic heterocycles. The Bertz CT molecular complexity index is 654. The van der Waals surface area contributed by atoms with E-state index in [1.165, 1.54) is 0 Å². The lowest BCUT2D eigenvalue weighted by atomic mass is 9.97. The van der Waals surface area contributed by atoms with Crippen LogP contribution in [-0.4, -0.2) is 46.4 Å². The van der Waals surface area contributed by atoms with Crippen LogP contribution in [0.25, 0.3) is 11.0 Å². The molecular formula is C16H19N3O3. The van der Waals surface area contributed by atoms with Crippen molar-refractivity contribution in [3.05, 3.63) is 30.1 Å². The maximum atomic E-state index is 12.5. The minimum Gasteiger partial charge on any atom is -0.466 e. The molecule has 1 amide bonds. The molecule has 22 heavy (non-hydrogen) atoms. The third-order valence-electron chi connectivity index (χ3n) is 4.02. The second-order valence-corrected chi connectivity index (χ2v) is 5.44. The third kappa shape index (κ3) is 2.81. The van der Waals surface area contributed by atoms with Crippen LogP contribution in [0, 0.1) is 5.92 Å². The smallest absolute Gasteiger partial charge is 0.309 e. The Morgan fingerprint density at radius 1 is 1.41 bits per heavy atom. The van der Waals surface area contributed by atoms with Gasteiger partial charge >= 0.3 is 5.97 Å². The second kappa shape index (κ2) is 6.17. The molecule has 0 aromatic carbocycles. The summed E-state index contributed by atoms with van der Waals surface area (Å²) in [4.78, 5) is 33.3. The molecule has 2 aromatic rings. The van der Waals surface area contributed by atoms with Crippen LogP contribution in [-0.2, 0) is 9.53 Å². The molecule has 0 radical (unpaired) electrons. The number of carbonyl (C=O) groups is 2. The number of nitrogens with zero attached hydrogens (tertiary/aromatic N) is 2. The van der Waals surface area contributed by atoms with E-state index < -0.39 is 0 Å². The fraction of sp³-hybridized carbons (Fsp3) is 0.438. The minimum atomic E-state index is -0.149. The maximum absolute atomic E-state index is 12.5. The van der Waals surface area contributed by atoms with Gasteiger partial charge in [-0.25, -0.2) is 0 Å². The van der Waals surface area contributed by atoms with E-state index in [0.29, 0.717) is 38.2 Å². The molecule has 6 heteroatoms. The molecule has 0 atom stereocenters. The topological polar surface area (TPSA) is 75.3 Å². The minimum absolute atomic E-state index is 0.0414. The van der Waals surface area contributed by atoms with Gasteiger partial charge in [-0.3, -0.25) is 14.6 Å². The zero-order valence-corrected chi connectivity index (χ0v) is 12.5. The van der Waals surface area contributed by atoms with E-state index in [1.54, 1.807) is 24.1 Å². The Morgan fingerprint density at radius 2 is 2.18 bits per heavy atom. The van der Waals surface area contributed by atoms with Gasteiger partial charge < -0.3 is 14.6 Å². The first-order valence-electron chi connectivity index (χ1n) is 7.58. The van der Waals surface area contributed by atoms with Gasteiger partial charge in [0.1, 0.15) is 5.69 Å². The van der Waals surface area contributed by atoms with Gasteiger partial charge in [-0.15, -0.1) is 0 Å². The number of likely N-dealkylation sites (tertiary alicyclic amines) is 1. The van der Waals surface area contributed by atoms with Gasteiger partial charge in [-0.2, -0.15) is 0 Å². The van der Waals surface area contributed by atoms with Crippen molar-refractivity contribution in [3.63, 3.8) is 0 Å². The molecule has 0 aliphatic carbocycles. The van der Waals surface area contributed by atoms with Gasteiger partial charge in [-0.05, 0) is 38.0 Å². The van der Waals surface area contributed by atoms with Crippen LogP contribution in [0.1, 0.15) is 30.3 Å². The summed E-state index contributed by atoms with van der Waals surface area (Å²) < 4.78 is 5.04. The van der Waals surface area contributed by atoms with Gasteiger partial charge in [0.25, 0.3) is 5.91 Å². The summed E-state index contributed by atoms with van der Waals surface area (Å²) in [6.45, 7) is 3.36. The predicted octanol–water partition coefficient (Wildman–Crippen LogP) is 1.98. The summed E-state index contributed by atoms with van der Waals surface area (Å²) in [6.07, 6.45) is 3.02. The lowest BCUT2D eigenvalue weighted by molar-refractivity contribution is -0.149. The number of piperidine rings is 1. The van der Waals surface area contributed by atoms with Gasteiger partial charge in [0, 0.05) is 19.3 Å². The second-order valence-electron chi connectivity index (χ2n) is 5.44. The maximum Gasteiger partial charge on any atom is 0.309 e. The van der Waals surface area contributed by atoms with Crippen LogP contribution >= 0.6 is 0 Å². The molecule has 3 rings (SSSR count). The zero-order valence-electron chi connectivity index (χ0n) is 12.5.